The zero-order chi connectivity index (χ0) is 15.4. The first kappa shape index (κ1) is 14.5. The summed E-state index contributed by atoms with van der Waals surface area (Å²) in [6.45, 7) is 0. The summed E-state index contributed by atoms with van der Waals surface area (Å²) < 4.78 is 6.26. The van der Waals surface area contributed by atoms with Gasteiger partial charge in [-0.3, -0.25) is 9.78 Å². The van der Waals surface area contributed by atoms with Gasteiger partial charge in [-0.25, -0.2) is 4.98 Å². The number of thiazole rings is 1. The predicted molar refractivity (Wildman–Crippen MR) is 87.4 cm³/mol. The van der Waals surface area contributed by atoms with E-state index in [0.717, 1.165) is 15.8 Å². The summed E-state index contributed by atoms with van der Waals surface area (Å²) in [5, 5.41) is 3.44. The molecular formula is C16H15N3O2S. The zero-order valence-electron chi connectivity index (χ0n) is 12.1. The van der Waals surface area contributed by atoms with Gasteiger partial charge in [-0.15, -0.1) is 0 Å². The summed E-state index contributed by atoms with van der Waals surface area (Å²) in [7, 11) is 1.61. The van der Waals surface area contributed by atoms with Crippen LogP contribution in [0.1, 0.15) is 12.0 Å². The molecule has 0 saturated carbocycles. The SMILES string of the molecule is COc1cccc2sc(NC(=O)CCc3cccnc3)nc12. The minimum Gasteiger partial charge on any atom is -0.494 e. The second kappa shape index (κ2) is 6.53. The number of rotatable bonds is 5. The van der Waals surface area contributed by atoms with Crippen LogP contribution in [0.5, 0.6) is 5.75 Å². The van der Waals surface area contributed by atoms with Gasteiger partial charge >= 0.3 is 0 Å². The molecule has 0 fully saturated rings. The van der Waals surface area contributed by atoms with Crippen LogP contribution in [0.25, 0.3) is 10.2 Å². The number of fused-ring (bicyclic) bond motifs is 1. The number of carbonyl (C=O) groups excluding carboxylic acids is 1. The number of amides is 1. The fourth-order valence-corrected chi connectivity index (χ4v) is 3.03. The van der Waals surface area contributed by atoms with E-state index in [-0.39, 0.29) is 5.91 Å². The average Bonchev–Trinajstić information content (AvgIpc) is 2.96. The highest BCUT2D eigenvalue weighted by atomic mass is 32.1. The average molecular weight is 313 g/mol. The molecule has 3 rings (SSSR count). The van der Waals surface area contributed by atoms with Crippen molar-refractivity contribution in [3.05, 3.63) is 48.3 Å². The molecule has 112 valence electrons. The Hall–Kier alpha value is -2.47. The molecule has 2 heterocycles. The van der Waals surface area contributed by atoms with E-state index in [1.54, 1.807) is 19.5 Å². The number of para-hydroxylation sites is 1. The summed E-state index contributed by atoms with van der Waals surface area (Å²) in [5.74, 6) is 0.659. The molecule has 22 heavy (non-hydrogen) atoms. The van der Waals surface area contributed by atoms with Crippen molar-refractivity contribution in [1.29, 1.82) is 0 Å². The summed E-state index contributed by atoms with van der Waals surface area (Å²) in [5.41, 5.74) is 1.82. The number of pyridine rings is 1. The summed E-state index contributed by atoms with van der Waals surface area (Å²) >= 11 is 1.44. The van der Waals surface area contributed by atoms with Crippen molar-refractivity contribution in [2.45, 2.75) is 12.8 Å². The molecule has 0 aliphatic carbocycles. The molecule has 6 heteroatoms. The van der Waals surface area contributed by atoms with E-state index in [1.807, 2.05) is 30.3 Å². The van der Waals surface area contributed by atoms with Crippen LogP contribution in [0.2, 0.25) is 0 Å². The first-order valence-corrected chi connectivity index (χ1v) is 7.70. The normalized spacial score (nSPS) is 10.6. The molecule has 0 aliphatic heterocycles. The van der Waals surface area contributed by atoms with Crippen LogP contribution >= 0.6 is 11.3 Å². The third-order valence-corrected chi connectivity index (χ3v) is 4.15. The Balaban J connectivity index is 1.66. The minimum atomic E-state index is -0.0538. The Morgan fingerprint density at radius 1 is 1.32 bits per heavy atom. The number of aryl methyl sites for hydroxylation is 1. The Labute approximate surface area is 132 Å². The summed E-state index contributed by atoms with van der Waals surface area (Å²) in [6, 6.07) is 9.56. The monoisotopic (exact) mass is 313 g/mol. The van der Waals surface area contributed by atoms with Crippen molar-refractivity contribution in [2.75, 3.05) is 12.4 Å². The Bertz CT molecular complexity index is 786. The van der Waals surface area contributed by atoms with E-state index >= 15 is 0 Å². The molecule has 0 saturated heterocycles. The molecule has 0 unspecified atom stereocenters. The van der Waals surface area contributed by atoms with Gasteiger partial charge in [-0.1, -0.05) is 23.5 Å². The van der Waals surface area contributed by atoms with Crippen LogP contribution in [0.3, 0.4) is 0 Å². The van der Waals surface area contributed by atoms with Gasteiger partial charge in [0.05, 0.1) is 11.8 Å². The number of carbonyl (C=O) groups is 1. The molecule has 2 aromatic heterocycles. The van der Waals surface area contributed by atoms with E-state index in [4.69, 9.17) is 4.74 Å². The number of methoxy groups -OCH3 is 1. The first-order valence-electron chi connectivity index (χ1n) is 6.88. The third-order valence-electron chi connectivity index (χ3n) is 3.21. The maximum Gasteiger partial charge on any atom is 0.226 e. The van der Waals surface area contributed by atoms with Crippen molar-refractivity contribution in [3.63, 3.8) is 0 Å². The smallest absolute Gasteiger partial charge is 0.226 e. The summed E-state index contributed by atoms with van der Waals surface area (Å²) in [4.78, 5) is 20.5. The lowest BCUT2D eigenvalue weighted by Crippen LogP contribution is -2.12. The Morgan fingerprint density at radius 3 is 3.00 bits per heavy atom. The number of ether oxygens (including phenoxy) is 1. The van der Waals surface area contributed by atoms with Crippen molar-refractivity contribution >= 4 is 32.6 Å². The summed E-state index contributed by atoms with van der Waals surface area (Å²) in [6.07, 6.45) is 4.56. The molecule has 0 radical (unpaired) electrons. The molecule has 0 bridgehead atoms. The van der Waals surface area contributed by atoms with Gasteiger partial charge in [0, 0.05) is 18.8 Å². The number of hydrogen-bond donors (Lipinski definition) is 1. The maximum atomic E-state index is 12.0. The van der Waals surface area contributed by atoms with E-state index in [2.05, 4.69) is 15.3 Å². The standard InChI is InChI=1S/C16H15N3O2S/c1-21-12-5-2-6-13-15(12)19-16(22-13)18-14(20)8-7-11-4-3-9-17-10-11/h2-6,9-10H,7-8H2,1H3,(H,18,19,20). The van der Waals surface area contributed by atoms with Crippen molar-refractivity contribution in [3.8, 4) is 5.75 Å². The van der Waals surface area contributed by atoms with Crippen LogP contribution in [0, 0.1) is 0 Å². The highest BCUT2D eigenvalue weighted by molar-refractivity contribution is 7.22. The quantitative estimate of drug-likeness (QED) is 0.785. The number of hydrogen-bond acceptors (Lipinski definition) is 5. The van der Waals surface area contributed by atoms with E-state index < -0.39 is 0 Å². The number of anilines is 1. The van der Waals surface area contributed by atoms with E-state index in [1.165, 1.54) is 11.3 Å². The molecule has 0 spiro atoms. The Morgan fingerprint density at radius 2 is 2.23 bits per heavy atom. The zero-order valence-corrected chi connectivity index (χ0v) is 12.9. The number of aromatic nitrogens is 2. The topological polar surface area (TPSA) is 64.1 Å². The second-order valence-electron chi connectivity index (χ2n) is 4.74. The molecule has 0 atom stereocenters. The molecule has 1 aromatic carbocycles. The van der Waals surface area contributed by atoms with Crippen LogP contribution in [-0.2, 0) is 11.2 Å². The van der Waals surface area contributed by atoms with Gasteiger partial charge in [0.25, 0.3) is 0 Å². The van der Waals surface area contributed by atoms with Crippen LogP contribution in [0.15, 0.2) is 42.7 Å². The first-order chi connectivity index (χ1) is 10.8. The number of nitrogens with one attached hydrogen (secondary N) is 1. The highest BCUT2D eigenvalue weighted by Crippen LogP contribution is 2.32. The lowest BCUT2D eigenvalue weighted by molar-refractivity contribution is -0.116. The van der Waals surface area contributed by atoms with Crippen LogP contribution < -0.4 is 10.1 Å². The minimum absolute atomic E-state index is 0.0538. The Kier molecular flexibility index (Phi) is 4.29. The second-order valence-corrected chi connectivity index (χ2v) is 5.77. The maximum absolute atomic E-state index is 12.0. The van der Waals surface area contributed by atoms with Crippen molar-refractivity contribution < 1.29 is 9.53 Å². The fraction of sp³-hybridized carbons (Fsp3) is 0.188. The molecule has 0 aliphatic rings. The van der Waals surface area contributed by atoms with Gasteiger partial charge in [-0.2, -0.15) is 0 Å². The third kappa shape index (κ3) is 3.23. The van der Waals surface area contributed by atoms with Crippen molar-refractivity contribution in [1.82, 2.24) is 9.97 Å². The lowest BCUT2D eigenvalue weighted by Gasteiger charge is -2.01. The van der Waals surface area contributed by atoms with Crippen LogP contribution in [0.4, 0.5) is 5.13 Å². The van der Waals surface area contributed by atoms with Crippen LogP contribution in [-0.4, -0.2) is 23.0 Å². The highest BCUT2D eigenvalue weighted by Gasteiger charge is 2.11. The number of benzene rings is 1. The molecule has 1 amide bonds. The number of nitrogens with zero attached hydrogens (tertiary/aromatic N) is 2. The van der Waals surface area contributed by atoms with Gasteiger partial charge < -0.3 is 10.1 Å². The van der Waals surface area contributed by atoms with Gasteiger partial charge in [0.15, 0.2) is 5.13 Å². The van der Waals surface area contributed by atoms with Gasteiger partial charge in [-0.05, 0) is 30.2 Å². The van der Waals surface area contributed by atoms with Gasteiger partial charge in [0.1, 0.15) is 11.3 Å². The molecule has 5 nitrogen and oxygen atoms in total. The van der Waals surface area contributed by atoms with E-state index in [9.17, 15) is 4.79 Å². The fourth-order valence-electron chi connectivity index (χ4n) is 2.13. The lowest BCUT2D eigenvalue weighted by atomic mass is 10.1. The largest absolute Gasteiger partial charge is 0.494 e. The molecular weight excluding hydrogens is 298 g/mol. The van der Waals surface area contributed by atoms with E-state index in [0.29, 0.717) is 23.7 Å². The molecule has 1 N–H and O–H groups in total. The molecule has 3 aromatic rings. The van der Waals surface area contributed by atoms with Crippen molar-refractivity contribution in [2.24, 2.45) is 0 Å². The predicted octanol–water partition coefficient (Wildman–Crippen LogP) is 3.27. The van der Waals surface area contributed by atoms with Gasteiger partial charge in [0.2, 0.25) is 5.91 Å².